The fourth-order valence-corrected chi connectivity index (χ4v) is 3.81. The summed E-state index contributed by atoms with van der Waals surface area (Å²) in [5.74, 6) is 1.61. The molecule has 1 aliphatic carbocycles. The van der Waals surface area contributed by atoms with E-state index in [0.717, 1.165) is 12.0 Å². The summed E-state index contributed by atoms with van der Waals surface area (Å²) in [4.78, 5) is 20.8. The predicted octanol–water partition coefficient (Wildman–Crippen LogP) is 3.79. The smallest absolute Gasteiger partial charge is 0.227 e. The van der Waals surface area contributed by atoms with Crippen LogP contribution in [0.15, 0.2) is 29.0 Å². The van der Waals surface area contributed by atoms with Gasteiger partial charge in [-0.3, -0.25) is 9.78 Å². The highest BCUT2D eigenvalue weighted by Gasteiger charge is 2.34. The maximum atomic E-state index is 12.4. The molecule has 2 unspecified atom stereocenters. The van der Waals surface area contributed by atoms with E-state index in [-0.39, 0.29) is 17.4 Å². The van der Waals surface area contributed by atoms with Gasteiger partial charge in [0.1, 0.15) is 0 Å². The Morgan fingerprint density at radius 2 is 1.96 bits per heavy atom. The van der Waals surface area contributed by atoms with E-state index >= 15 is 0 Å². The molecule has 0 radical (unpaired) electrons. The third kappa shape index (κ3) is 4.68. The molecule has 0 spiro atoms. The van der Waals surface area contributed by atoms with Crippen LogP contribution in [-0.2, 0) is 11.2 Å². The van der Waals surface area contributed by atoms with Gasteiger partial charge in [-0.05, 0) is 36.3 Å². The molecule has 1 saturated carbocycles. The number of nitrogens with one attached hydrogen (secondary N) is 1. The lowest BCUT2D eigenvalue weighted by Gasteiger charge is -2.40. The average Bonchev–Trinajstić information content (AvgIpc) is 3.09. The van der Waals surface area contributed by atoms with Gasteiger partial charge in [-0.25, -0.2) is 0 Å². The molecule has 1 N–H and O–H groups in total. The molecule has 0 aromatic carbocycles. The van der Waals surface area contributed by atoms with Crippen molar-refractivity contribution >= 4 is 5.91 Å². The van der Waals surface area contributed by atoms with Crippen molar-refractivity contribution in [2.45, 2.75) is 65.3 Å². The van der Waals surface area contributed by atoms with Gasteiger partial charge in [0.2, 0.25) is 17.6 Å². The number of amides is 1. The van der Waals surface area contributed by atoms with Crippen molar-refractivity contribution in [2.24, 2.45) is 11.3 Å². The summed E-state index contributed by atoms with van der Waals surface area (Å²) in [6, 6.07) is 3.93. The Kier molecular flexibility index (Phi) is 5.69. The molecule has 2 aromatic heterocycles. The minimum absolute atomic E-state index is 0.0646. The number of carbonyl (C=O) groups excluding carboxylic acids is 1. The highest BCUT2D eigenvalue weighted by Crippen LogP contribution is 2.38. The molecule has 0 aliphatic heterocycles. The number of hydrogen-bond donors (Lipinski definition) is 1. The van der Waals surface area contributed by atoms with Crippen LogP contribution in [0.5, 0.6) is 0 Å². The summed E-state index contributed by atoms with van der Waals surface area (Å²) in [6.07, 6.45) is 8.91. The van der Waals surface area contributed by atoms with Crippen molar-refractivity contribution in [3.05, 3.63) is 30.4 Å². The van der Waals surface area contributed by atoms with Gasteiger partial charge >= 0.3 is 0 Å². The topological polar surface area (TPSA) is 80.9 Å². The molecular weight excluding hydrogens is 328 g/mol. The predicted molar refractivity (Wildman–Crippen MR) is 99.2 cm³/mol. The van der Waals surface area contributed by atoms with Crippen LogP contribution in [0.4, 0.5) is 0 Å². The summed E-state index contributed by atoms with van der Waals surface area (Å²) < 4.78 is 5.27. The monoisotopic (exact) mass is 356 g/mol. The second kappa shape index (κ2) is 7.98. The highest BCUT2D eigenvalue weighted by atomic mass is 16.5. The van der Waals surface area contributed by atoms with E-state index in [9.17, 15) is 4.79 Å². The molecule has 2 heterocycles. The standard InChI is InChI=1S/C20H28N4O2/c1-20(2,3)15-6-4-5-7-16(15)22-17(25)8-9-18-23-19(24-26-18)14-10-12-21-13-11-14/h10-13,15-16H,4-9H2,1-3H3,(H,22,25). The minimum Gasteiger partial charge on any atom is -0.353 e. The highest BCUT2D eigenvalue weighted by molar-refractivity contribution is 5.76. The zero-order valence-corrected chi connectivity index (χ0v) is 15.9. The third-order valence-corrected chi connectivity index (χ3v) is 5.20. The maximum absolute atomic E-state index is 12.4. The second-order valence-corrected chi connectivity index (χ2v) is 8.18. The number of pyridine rings is 1. The Morgan fingerprint density at radius 3 is 2.69 bits per heavy atom. The molecule has 3 rings (SSSR count). The fraction of sp³-hybridized carbons (Fsp3) is 0.600. The number of carbonyl (C=O) groups is 1. The van der Waals surface area contributed by atoms with Crippen LogP contribution < -0.4 is 5.32 Å². The van der Waals surface area contributed by atoms with Crippen LogP contribution in [0.25, 0.3) is 11.4 Å². The number of rotatable bonds is 5. The van der Waals surface area contributed by atoms with Crippen LogP contribution in [0.1, 0.15) is 58.8 Å². The van der Waals surface area contributed by atoms with Crippen LogP contribution in [0.3, 0.4) is 0 Å². The molecule has 1 fully saturated rings. The van der Waals surface area contributed by atoms with E-state index in [1.807, 2.05) is 12.1 Å². The normalized spacial score (nSPS) is 20.7. The zero-order chi connectivity index (χ0) is 18.6. The summed E-state index contributed by atoms with van der Waals surface area (Å²) in [5.41, 5.74) is 1.07. The molecule has 2 aromatic rings. The quantitative estimate of drug-likeness (QED) is 0.881. The van der Waals surface area contributed by atoms with Crippen molar-refractivity contribution in [2.75, 3.05) is 0 Å². The van der Waals surface area contributed by atoms with E-state index < -0.39 is 0 Å². The average molecular weight is 356 g/mol. The Morgan fingerprint density at radius 1 is 1.23 bits per heavy atom. The van der Waals surface area contributed by atoms with Gasteiger partial charge in [0.15, 0.2) is 0 Å². The molecule has 2 atom stereocenters. The first-order chi connectivity index (χ1) is 12.4. The number of aromatic nitrogens is 3. The largest absolute Gasteiger partial charge is 0.353 e. The van der Waals surface area contributed by atoms with Gasteiger partial charge in [-0.1, -0.05) is 38.8 Å². The molecule has 0 bridgehead atoms. The molecule has 6 nitrogen and oxygen atoms in total. The van der Waals surface area contributed by atoms with Crippen molar-refractivity contribution in [1.82, 2.24) is 20.4 Å². The maximum Gasteiger partial charge on any atom is 0.227 e. The first-order valence-corrected chi connectivity index (χ1v) is 9.46. The number of nitrogens with zero attached hydrogens (tertiary/aromatic N) is 3. The van der Waals surface area contributed by atoms with Gasteiger partial charge in [0.05, 0.1) is 0 Å². The molecule has 1 amide bonds. The first kappa shape index (κ1) is 18.5. The molecule has 6 heteroatoms. The van der Waals surface area contributed by atoms with E-state index in [4.69, 9.17) is 4.52 Å². The van der Waals surface area contributed by atoms with E-state index in [0.29, 0.717) is 30.5 Å². The Bertz CT molecular complexity index is 721. The van der Waals surface area contributed by atoms with Crippen LogP contribution >= 0.6 is 0 Å². The van der Waals surface area contributed by atoms with Gasteiger partial charge in [-0.2, -0.15) is 4.98 Å². The van der Waals surface area contributed by atoms with Crippen LogP contribution in [0, 0.1) is 11.3 Å². The number of hydrogen-bond acceptors (Lipinski definition) is 5. The minimum atomic E-state index is 0.0646. The summed E-state index contributed by atoms with van der Waals surface area (Å²) in [6.45, 7) is 6.80. The van der Waals surface area contributed by atoms with E-state index in [1.54, 1.807) is 12.4 Å². The fourth-order valence-electron chi connectivity index (χ4n) is 3.81. The van der Waals surface area contributed by atoms with Gasteiger partial charge in [0, 0.05) is 36.8 Å². The lowest BCUT2D eigenvalue weighted by atomic mass is 9.69. The molecule has 0 saturated heterocycles. The SMILES string of the molecule is CC(C)(C)C1CCCCC1NC(=O)CCc1nc(-c2ccncc2)no1. The Balaban J connectivity index is 1.53. The lowest BCUT2D eigenvalue weighted by Crippen LogP contribution is -2.46. The van der Waals surface area contributed by atoms with Crippen LogP contribution in [-0.4, -0.2) is 27.1 Å². The lowest BCUT2D eigenvalue weighted by molar-refractivity contribution is -0.122. The third-order valence-electron chi connectivity index (χ3n) is 5.20. The molecule has 26 heavy (non-hydrogen) atoms. The number of aryl methyl sites for hydroxylation is 1. The summed E-state index contributed by atoms with van der Waals surface area (Å²) in [5, 5.41) is 7.23. The van der Waals surface area contributed by atoms with Gasteiger partial charge < -0.3 is 9.84 Å². The van der Waals surface area contributed by atoms with E-state index in [1.165, 1.54) is 19.3 Å². The van der Waals surface area contributed by atoms with Crippen molar-refractivity contribution in [3.8, 4) is 11.4 Å². The van der Waals surface area contributed by atoms with E-state index in [2.05, 4.69) is 41.2 Å². The summed E-state index contributed by atoms with van der Waals surface area (Å²) >= 11 is 0. The van der Waals surface area contributed by atoms with Gasteiger partial charge in [-0.15, -0.1) is 0 Å². The summed E-state index contributed by atoms with van der Waals surface area (Å²) in [7, 11) is 0. The van der Waals surface area contributed by atoms with Gasteiger partial charge in [0.25, 0.3) is 0 Å². The van der Waals surface area contributed by atoms with Crippen LogP contribution in [0.2, 0.25) is 0 Å². The second-order valence-electron chi connectivity index (χ2n) is 8.18. The molecular formula is C20H28N4O2. The van der Waals surface area contributed by atoms with Crippen molar-refractivity contribution < 1.29 is 9.32 Å². The molecule has 1 aliphatic rings. The Labute approximate surface area is 154 Å². The Hall–Kier alpha value is -2.24. The zero-order valence-electron chi connectivity index (χ0n) is 15.9. The van der Waals surface area contributed by atoms with Crippen molar-refractivity contribution in [3.63, 3.8) is 0 Å². The molecule has 140 valence electrons. The first-order valence-electron chi connectivity index (χ1n) is 9.46. The van der Waals surface area contributed by atoms with Crippen molar-refractivity contribution in [1.29, 1.82) is 0 Å².